The molecule has 2 aliphatic heterocycles. The maximum absolute atomic E-state index is 12.3. The highest BCUT2D eigenvalue weighted by molar-refractivity contribution is 8.01. The van der Waals surface area contributed by atoms with Gasteiger partial charge < -0.3 is 14.2 Å². The van der Waals surface area contributed by atoms with Crippen molar-refractivity contribution in [2.75, 3.05) is 18.8 Å². The van der Waals surface area contributed by atoms with Gasteiger partial charge in [0.15, 0.2) is 0 Å². The lowest BCUT2D eigenvalue weighted by atomic mass is 9.92. The van der Waals surface area contributed by atoms with Crippen molar-refractivity contribution in [1.29, 1.82) is 0 Å². The molecule has 24 heavy (non-hydrogen) atoms. The van der Waals surface area contributed by atoms with E-state index in [1.54, 1.807) is 12.3 Å². The van der Waals surface area contributed by atoms with Crippen LogP contribution in [0.5, 0.6) is 0 Å². The number of carbonyl (C=O) groups is 1. The summed E-state index contributed by atoms with van der Waals surface area (Å²) >= 11 is 1.91. The van der Waals surface area contributed by atoms with Gasteiger partial charge in [-0.1, -0.05) is 11.2 Å². The summed E-state index contributed by atoms with van der Waals surface area (Å²) in [4.78, 5) is 18.4. The largest absolute Gasteiger partial charge is 0.371 e. The molecule has 1 amide bonds. The van der Waals surface area contributed by atoms with E-state index in [2.05, 4.69) is 10.1 Å². The molecule has 0 radical (unpaired) electrons. The zero-order valence-corrected chi connectivity index (χ0v) is 14.3. The van der Waals surface area contributed by atoms with Gasteiger partial charge in [0.25, 0.3) is 5.91 Å². The summed E-state index contributed by atoms with van der Waals surface area (Å²) < 4.78 is 11.2. The molecule has 7 heteroatoms. The summed E-state index contributed by atoms with van der Waals surface area (Å²) in [6, 6.07) is 7.53. The zero-order valence-electron chi connectivity index (χ0n) is 13.5. The number of pyridine rings is 1. The number of aromatic nitrogens is 2. The fourth-order valence-electron chi connectivity index (χ4n) is 3.23. The Balaban J connectivity index is 1.28. The van der Waals surface area contributed by atoms with Crippen LogP contribution in [0.2, 0.25) is 0 Å². The molecule has 0 aromatic carbocycles. The molecule has 0 aliphatic carbocycles. The van der Waals surface area contributed by atoms with Crippen molar-refractivity contribution in [1.82, 2.24) is 15.0 Å². The van der Waals surface area contributed by atoms with Gasteiger partial charge in [0.05, 0.1) is 28.8 Å². The van der Waals surface area contributed by atoms with E-state index in [4.69, 9.17) is 9.26 Å². The molecule has 1 atom stereocenters. The van der Waals surface area contributed by atoms with E-state index in [9.17, 15) is 4.79 Å². The summed E-state index contributed by atoms with van der Waals surface area (Å²) in [5.41, 5.74) is 1.68. The summed E-state index contributed by atoms with van der Waals surface area (Å²) in [5, 5.41) is 3.78. The average molecular weight is 345 g/mol. The van der Waals surface area contributed by atoms with Crippen LogP contribution in [0.4, 0.5) is 0 Å². The molecule has 1 unspecified atom stereocenters. The smallest absolute Gasteiger partial charge is 0.292 e. The molecular formula is C17H19N3O3S. The second-order valence-corrected chi connectivity index (χ2v) is 7.93. The van der Waals surface area contributed by atoms with Crippen molar-refractivity contribution in [3.63, 3.8) is 0 Å². The first kappa shape index (κ1) is 15.7. The van der Waals surface area contributed by atoms with Crippen LogP contribution in [0.3, 0.4) is 0 Å². The van der Waals surface area contributed by atoms with Crippen molar-refractivity contribution in [3.05, 3.63) is 47.6 Å². The first-order valence-corrected chi connectivity index (χ1v) is 9.00. The minimum Gasteiger partial charge on any atom is -0.371 e. The lowest BCUT2D eigenvalue weighted by Crippen LogP contribution is -2.60. The maximum atomic E-state index is 12.3. The minimum absolute atomic E-state index is 0.0697. The standard InChI is InChI=1S/C17H19N3O3S/c1-12-6-15(23-19-12)16(21)20-10-17(11-20)7-14(9-24-17)22-8-13-4-2-3-5-18-13/h2-6,14H,7-11H2,1H3. The second-order valence-electron chi connectivity index (χ2n) is 6.45. The van der Waals surface area contributed by atoms with Crippen LogP contribution in [0.15, 0.2) is 35.0 Å². The lowest BCUT2D eigenvalue weighted by Gasteiger charge is -2.46. The summed E-state index contributed by atoms with van der Waals surface area (Å²) in [5.74, 6) is 1.23. The third kappa shape index (κ3) is 3.06. The number of thioether (sulfide) groups is 1. The van der Waals surface area contributed by atoms with Gasteiger partial charge in [0.1, 0.15) is 0 Å². The van der Waals surface area contributed by atoms with Crippen LogP contribution in [0.1, 0.15) is 28.4 Å². The molecule has 0 saturated carbocycles. The van der Waals surface area contributed by atoms with Gasteiger partial charge in [0.2, 0.25) is 5.76 Å². The van der Waals surface area contributed by atoms with Crippen LogP contribution in [-0.2, 0) is 11.3 Å². The Morgan fingerprint density at radius 2 is 2.38 bits per heavy atom. The topological polar surface area (TPSA) is 68.5 Å². The molecule has 0 N–H and O–H groups in total. The Hall–Kier alpha value is -1.86. The number of carbonyl (C=O) groups excluding carboxylic acids is 1. The SMILES string of the molecule is Cc1cc(C(=O)N2CC3(CC(OCc4ccccn4)CS3)C2)on1. The van der Waals surface area contributed by atoms with E-state index >= 15 is 0 Å². The Morgan fingerprint density at radius 1 is 1.50 bits per heavy atom. The van der Waals surface area contributed by atoms with Crippen LogP contribution < -0.4 is 0 Å². The molecule has 2 saturated heterocycles. The van der Waals surface area contributed by atoms with Crippen molar-refractivity contribution in [3.8, 4) is 0 Å². The van der Waals surface area contributed by atoms with E-state index in [0.717, 1.165) is 36.7 Å². The number of hydrogen-bond acceptors (Lipinski definition) is 6. The zero-order chi connectivity index (χ0) is 16.6. The Kier molecular flexibility index (Phi) is 4.05. The maximum Gasteiger partial charge on any atom is 0.292 e. The van der Waals surface area contributed by atoms with Gasteiger partial charge in [-0.2, -0.15) is 0 Å². The van der Waals surface area contributed by atoms with Crippen LogP contribution in [-0.4, -0.2) is 50.6 Å². The number of ether oxygens (including phenoxy) is 1. The van der Waals surface area contributed by atoms with Crippen LogP contribution >= 0.6 is 11.8 Å². The van der Waals surface area contributed by atoms with Gasteiger partial charge in [-0.25, -0.2) is 0 Å². The molecule has 1 spiro atoms. The number of likely N-dealkylation sites (tertiary alicyclic amines) is 1. The fraction of sp³-hybridized carbons (Fsp3) is 0.471. The molecule has 2 aliphatic rings. The van der Waals surface area contributed by atoms with Crippen LogP contribution in [0, 0.1) is 6.92 Å². The molecule has 2 aromatic rings. The van der Waals surface area contributed by atoms with Crippen molar-refractivity contribution >= 4 is 17.7 Å². The van der Waals surface area contributed by atoms with E-state index in [0.29, 0.717) is 12.4 Å². The lowest BCUT2D eigenvalue weighted by molar-refractivity contribution is 0.0230. The first-order valence-electron chi connectivity index (χ1n) is 8.02. The number of rotatable bonds is 4. The van der Waals surface area contributed by atoms with Gasteiger partial charge in [0, 0.05) is 31.1 Å². The Bertz CT molecular complexity index is 728. The molecule has 2 aromatic heterocycles. The molecular weight excluding hydrogens is 326 g/mol. The van der Waals surface area contributed by atoms with Crippen molar-refractivity contribution < 1.29 is 14.1 Å². The van der Waals surface area contributed by atoms with Gasteiger partial charge in [-0.15, -0.1) is 11.8 Å². The summed E-state index contributed by atoms with van der Waals surface area (Å²) in [7, 11) is 0. The highest BCUT2D eigenvalue weighted by Crippen LogP contribution is 2.46. The third-order valence-electron chi connectivity index (χ3n) is 4.45. The van der Waals surface area contributed by atoms with Gasteiger partial charge in [-0.3, -0.25) is 9.78 Å². The van der Waals surface area contributed by atoms with Gasteiger partial charge >= 0.3 is 0 Å². The molecule has 4 rings (SSSR count). The molecule has 2 fully saturated rings. The monoisotopic (exact) mass is 345 g/mol. The molecule has 6 nitrogen and oxygen atoms in total. The highest BCUT2D eigenvalue weighted by atomic mass is 32.2. The minimum atomic E-state index is -0.0697. The summed E-state index contributed by atoms with van der Waals surface area (Å²) in [6.45, 7) is 3.86. The normalized spacial score (nSPS) is 21.9. The van der Waals surface area contributed by atoms with Crippen molar-refractivity contribution in [2.24, 2.45) is 0 Å². The second kappa shape index (κ2) is 6.22. The van der Waals surface area contributed by atoms with Crippen molar-refractivity contribution in [2.45, 2.75) is 30.8 Å². The number of nitrogens with zero attached hydrogens (tertiary/aromatic N) is 3. The summed E-state index contributed by atoms with van der Waals surface area (Å²) in [6.07, 6.45) is 2.98. The average Bonchev–Trinajstić information content (AvgIpc) is 3.18. The predicted molar refractivity (Wildman–Crippen MR) is 89.8 cm³/mol. The third-order valence-corrected chi connectivity index (χ3v) is 6.03. The molecule has 4 heterocycles. The van der Waals surface area contributed by atoms with E-state index in [1.165, 1.54) is 0 Å². The number of amides is 1. The van der Waals surface area contributed by atoms with E-state index in [1.807, 2.05) is 41.8 Å². The number of hydrogen-bond donors (Lipinski definition) is 0. The first-order chi connectivity index (χ1) is 11.6. The Labute approximate surface area is 144 Å². The predicted octanol–water partition coefficient (Wildman–Crippen LogP) is 2.29. The Morgan fingerprint density at radius 3 is 3.08 bits per heavy atom. The van der Waals surface area contributed by atoms with E-state index in [-0.39, 0.29) is 16.8 Å². The molecule has 126 valence electrons. The quantitative estimate of drug-likeness (QED) is 0.847. The highest BCUT2D eigenvalue weighted by Gasteiger charge is 2.51. The number of aryl methyl sites for hydroxylation is 1. The van der Waals surface area contributed by atoms with Gasteiger partial charge in [-0.05, 0) is 25.5 Å². The fourth-order valence-corrected chi connectivity index (χ4v) is 4.78. The molecule has 0 bridgehead atoms. The van der Waals surface area contributed by atoms with E-state index < -0.39 is 0 Å². The van der Waals surface area contributed by atoms with Crippen LogP contribution in [0.25, 0.3) is 0 Å².